The molecular formula is C39H50N6O6. The van der Waals surface area contributed by atoms with Crippen molar-refractivity contribution in [2.45, 2.75) is 115 Å². The number of allylic oxidation sites excluding steroid dienone is 2. The first-order valence-corrected chi connectivity index (χ1v) is 18.3. The Bertz CT molecular complexity index is 1580. The molecule has 3 amide bonds. The summed E-state index contributed by atoms with van der Waals surface area (Å²) in [6, 6.07) is 15.8. The van der Waals surface area contributed by atoms with Crippen molar-refractivity contribution in [2.24, 2.45) is 0 Å². The number of carbonyl (C=O) groups excluding carboxylic acids is 3. The second kappa shape index (κ2) is 18.3. The van der Waals surface area contributed by atoms with Gasteiger partial charge in [-0.2, -0.15) is 15.0 Å². The van der Waals surface area contributed by atoms with Crippen LogP contribution in [0.2, 0.25) is 0 Å². The minimum Gasteiger partial charge on any atom is -0.480 e. The Hall–Kier alpha value is -5.00. The topological polar surface area (TPSA) is 156 Å². The van der Waals surface area contributed by atoms with Crippen molar-refractivity contribution in [1.29, 1.82) is 0 Å². The van der Waals surface area contributed by atoms with Crippen LogP contribution in [0.1, 0.15) is 90.5 Å². The molecule has 3 N–H and O–H groups in total. The third kappa shape index (κ3) is 9.83. The Labute approximate surface area is 299 Å². The van der Waals surface area contributed by atoms with E-state index in [1.54, 1.807) is 11.7 Å². The first-order valence-electron chi connectivity index (χ1n) is 18.3. The SMILES string of the molecule is C/C=C\CCCCC[C@H](NC(=O)OC1CCCC1)C(=O)N1C[C@H](n2nc(-c3ccccc3)c(-c3ccccc3)n2)C[C@H]1C(=O)N[C@@H](CC)C(=O)O. The van der Waals surface area contributed by atoms with E-state index in [-0.39, 0.29) is 25.5 Å². The third-order valence-electron chi connectivity index (χ3n) is 9.70. The van der Waals surface area contributed by atoms with Gasteiger partial charge in [0, 0.05) is 24.1 Å². The fourth-order valence-electron chi connectivity index (χ4n) is 6.89. The van der Waals surface area contributed by atoms with Gasteiger partial charge in [-0.05, 0) is 58.3 Å². The highest BCUT2D eigenvalue weighted by molar-refractivity contribution is 5.93. The maximum atomic E-state index is 14.5. The van der Waals surface area contributed by atoms with E-state index < -0.39 is 48.0 Å². The molecular weight excluding hydrogens is 648 g/mol. The zero-order valence-electron chi connectivity index (χ0n) is 29.6. The maximum absolute atomic E-state index is 14.5. The van der Waals surface area contributed by atoms with E-state index in [9.17, 15) is 24.3 Å². The number of carbonyl (C=O) groups is 4. The molecule has 1 aliphatic heterocycles. The highest BCUT2D eigenvalue weighted by Gasteiger charge is 2.44. The molecule has 1 saturated carbocycles. The molecule has 1 aromatic heterocycles. The van der Waals surface area contributed by atoms with Crippen LogP contribution in [-0.2, 0) is 19.1 Å². The van der Waals surface area contributed by atoms with Crippen molar-refractivity contribution in [2.75, 3.05) is 6.54 Å². The summed E-state index contributed by atoms with van der Waals surface area (Å²) in [5.41, 5.74) is 3.07. The van der Waals surface area contributed by atoms with Crippen LogP contribution in [0, 0.1) is 0 Å². The van der Waals surface area contributed by atoms with Gasteiger partial charge in [0.25, 0.3) is 0 Å². The van der Waals surface area contributed by atoms with Gasteiger partial charge in [0.2, 0.25) is 11.8 Å². The van der Waals surface area contributed by atoms with Gasteiger partial charge >= 0.3 is 12.1 Å². The molecule has 0 bridgehead atoms. The van der Waals surface area contributed by atoms with Gasteiger partial charge in [-0.15, -0.1) is 0 Å². The number of carboxylic acid groups (broad SMARTS) is 1. The number of nitrogens with one attached hydrogen (secondary N) is 2. The van der Waals surface area contributed by atoms with Crippen LogP contribution < -0.4 is 10.6 Å². The molecule has 1 saturated heterocycles. The zero-order valence-corrected chi connectivity index (χ0v) is 29.6. The Kier molecular flexibility index (Phi) is 13.4. The average Bonchev–Trinajstić information content (AvgIpc) is 3.92. The van der Waals surface area contributed by atoms with Crippen LogP contribution in [-0.4, -0.2) is 79.7 Å². The average molecular weight is 699 g/mol. The number of amides is 3. The van der Waals surface area contributed by atoms with Crippen LogP contribution in [0.5, 0.6) is 0 Å². The molecule has 272 valence electrons. The van der Waals surface area contributed by atoms with E-state index in [1.807, 2.05) is 73.7 Å². The number of ether oxygens (including phenoxy) is 1. The van der Waals surface area contributed by atoms with Crippen LogP contribution in [0.15, 0.2) is 72.8 Å². The van der Waals surface area contributed by atoms with Crippen molar-refractivity contribution in [3.8, 4) is 22.5 Å². The predicted octanol–water partition coefficient (Wildman–Crippen LogP) is 6.30. The van der Waals surface area contributed by atoms with Gasteiger partial charge in [0.05, 0.1) is 6.04 Å². The zero-order chi connectivity index (χ0) is 36.2. The van der Waals surface area contributed by atoms with Crippen molar-refractivity contribution >= 4 is 23.9 Å². The Balaban J connectivity index is 1.44. The third-order valence-corrected chi connectivity index (χ3v) is 9.70. The lowest BCUT2D eigenvalue weighted by Gasteiger charge is -2.29. The molecule has 0 spiro atoms. The molecule has 12 nitrogen and oxygen atoms in total. The van der Waals surface area contributed by atoms with Crippen LogP contribution in [0.3, 0.4) is 0 Å². The fraction of sp³-hybridized carbons (Fsp3) is 0.487. The molecule has 2 heterocycles. The smallest absolute Gasteiger partial charge is 0.408 e. The number of unbranched alkanes of at least 4 members (excludes halogenated alkanes) is 3. The van der Waals surface area contributed by atoms with Crippen molar-refractivity contribution < 1.29 is 29.0 Å². The summed E-state index contributed by atoms with van der Waals surface area (Å²) in [7, 11) is 0. The molecule has 2 aromatic carbocycles. The molecule has 4 atom stereocenters. The standard InChI is InChI=1S/C39H50N6O6/c1-3-5-6-7-8-15-24-32(41-39(50)51-30-22-16-17-23-30)37(47)44-26-29(25-33(44)36(46)40-31(4-2)38(48)49)45-42-34(27-18-11-9-12-19-27)35(43-45)28-20-13-10-14-21-28/h3,5,9-14,18-21,29-33H,4,6-8,15-17,22-26H2,1-2H3,(H,40,46)(H,41,50)(H,48,49)/b5-3-/t29-,31+,32+,33+/m1/s1. The minimum atomic E-state index is -1.15. The van der Waals surface area contributed by atoms with Crippen LogP contribution in [0.25, 0.3) is 22.5 Å². The Morgan fingerprint density at radius 2 is 1.53 bits per heavy atom. The fourth-order valence-corrected chi connectivity index (χ4v) is 6.89. The van der Waals surface area contributed by atoms with Gasteiger partial charge in [-0.3, -0.25) is 9.59 Å². The lowest BCUT2D eigenvalue weighted by atomic mass is 10.0. The lowest BCUT2D eigenvalue weighted by molar-refractivity contribution is -0.144. The number of nitrogens with zero attached hydrogens (tertiary/aromatic N) is 4. The van der Waals surface area contributed by atoms with E-state index in [0.717, 1.165) is 56.1 Å². The Morgan fingerprint density at radius 1 is 0.902 bits per heavy atom. The number of rotatable bonds is 16. The largest absolute Gasteiger partial charge is 0.480 e. The van der Waals surface area contributed by atoms with E-state index in [2.05, 4.69) is 16.7 Å². The summed E-state index contributed by atoms with van der Waals surface area (Å²) in [4.78, 5) is 56.3. The highest BCUT2D eigenvalue weighted by atomic mass is 16.6. The lowest BCUT2D eigenvalue weighted by Crippen LogP contribution is -2.55. The second-order valence-corrected chi connectivity index (χ2v) is 13.4. The van der Waals surface area contributed by atoms with Crippen molar-refractivity contribution in [1.82, 2.24) is 30.5 Å². The Morgan fingerprint density at radius 3 is 2.10 bits per heavy atom. The number of hydrogen-bond donors (Lipinski definition) is 3. The summed E-state index contributed by atoms with van der Waals surface area (Å²) < 4.78 is 5.67. The van der Waals surface area contributed by atoms with E-state index >= 15 is 0 Å². The number of likely N-dealkylation sites (tertiary alicyclic amines) is 1. The van der Waals surface area contributed by atoms with Gasteiger partial charge in [0.1, 0.15) is 35.6 Å². The van der Waals surface area contributed by atoms with E-state index in [4.69, 9.17) is 14.9 Å². The molecule has 5 rings (SSSR count). The summed E-state index contributed by atoms with van der Waals surface area (Å²) in [5, 5.41) is 25.0. The van der Waals surface area contributed by atoms with Gasteiger partial charge in [-0.25, -0.2) is 9.59 Å². The monoisotopic (exact) mass is 698 g/mol. The van der Waals surface area contributed by atoms with Gasteiger partial charge < -0.3 is 25.4 Å². The first kappa shape index (κ1) is 37.3. The molecule has 2 fully saturated rings. The predicted molar refractivity (Wildman–Crippen MR) is 193 cm³/mol. The minimum absolute atomic E-state index is 0.0923. The first-order chi connectivity index (χ1) is 24.8. The normalized spacial score (nSPS) is 18.8. The second-order valence-electron chi connectivity index (χ2n) is 13.4. The molecule has 12 heteroatoms. The molecule has 0 radical (unpaired) electrons. The molecule has 51 heavy (non-hydrogen) atoms. The quantitative estimate of drug-likeness (QED) is 0.116. The van der Waals surface area contributed by atoms with E-state index in [0.29, 0.717) is 24.2 Å². The van der Waals surface area contributed by atoms with Crippen molar-refractivity contribution in [3.63, 3.8) is 0 Å². The molecule has 3 aromatic rings. The summed E-state index contributed by atoms with van der Waals surface area (Å²) in [6.07, 6.45) is 11.0. The number of benzene rings is 2. The summed E-state index contributed by atoms with van der Waals surface area (Å²) in [5.74, 6) is -2.15. The number of carboxylic acids is 1. The summed E-state index contributed by atoms with van der Waals surface area (Å²) >= 11 is 0. The summed E-state index contributed by atoms with van der Waals surface area (Å²) in [6.45, 7) is 3.75. The number of alkyl carbamates (subject to hydrolysis) is 1. The molecule has 2 aliphatic rings. The van der Waals surface area contributed by atoms with Gasteiger partial charge in [-0.1, -0.05) is 92.6 Å². The number of aliphatic carboxylic acids is 1. The molecule has 1 aliphatic carbocycles. The van der Waals surface area contributed by atoms with E-state index in [1.165, 1.54) is 4.90 Å². The highest BCUT2D eigenvalue weighted by Crippen LogP contribution is 2.33. The van der Waals surface area contributed by atoms with Crippen molar-refractivity contribution in [3.05, 3.63) is 72.8 Å². The number of hydrogen-bond acceptors (Lipinski definition) is 7. The maximum Gasteiger partial charge on any atom is 0.408 e. The number of aromatic nitrogens is 3. The molecule has 0 unspecified atom stereocenters. The van der Waals surface area contributed by atoms with Crippen LogP contribution >= 0.6 is 0 Å². The van der Waals surface area contributed by atoms with Crippen LogP contribution in [0.4, 0.5) is 4.79 Å². The van der Waals surface area contributed by atoms with Gasteiger partial charge in [0.15, 0.2) is 0 Å².